The predicted octanol–water partition coefficient (Wildman–Crippen LogP) is 5.79. The Morgan fingerprint density at radius 2 is 1.56 bits per heavy atom. The molecular weight excluding hydrogens is 499 g/mol. The zero-order chi connectivity index (χ0) is 23.4. The Labute approximate surface area is 203 Å². The topological polar surface area (TPSA) is 49.9 Å². The van der Waals surface area contributed by atoms with E-state index in [2.05, 4.69) is 15.9 Å². The summed E-state index contributed by atoms with van der Waals surface area (Å²) in [7, 11) is 0. The summed E-state index contributed by atoms with van der Waals surface area (Å²) in [5.41, 5.74) is 1.92. The van der Waals surface area contributed by atoms with E-state index < -0.39 is 29.8 Å². The number of imide groups is 1. The van der Waals surface area contributed by atoms with Gasteiger partial charge in [-0.15, -0.1) is 0 Å². The minimum absolute atomic E-state index is 0.282. The first-order valence-electron chi connectivity index (χ1n) is 10.9. The van der Waals surface area contributed by atoms with Crippen LogP contribution in [0.2, 0.25) is 0 Å². The van der Waals surface area contributed by atoms with Crippen molar-refractivity contribution in [1.29, 1.82) is 0 Å². The summed E-state index contributed by atoms with van der Waals surface area (Å²) < 4.78 is 14.3. The van der Waals surface area contributed by atoms with Crippen LogP contribution >= 0.6 is 15.9 Å². The van der Waals surface area contributed by atoms with Gasteiger partial charge in [0.25, 0.3) is 5.91 Å². The molecule has 0 spiro atoms. The van der Waals surface area contributed by atoms with Crippen LogP contribution in [0.4, 0.5) is 15.8 Å². The molecule has 0 aromatic heterocycles. The molecule has 2 amide bonds. The quantitative estimate of drug-likeness (QED) is 0.323. The van der Waals surface area contributed by atoms with Crippen LogP contribution < -0.4 is 9.96 Å². The van der Waals surface area contributed by atoms with E-state index in [0.29, 0.717) is 16.9 Å². The van der Waals surface area contributed by atoms with Gasteiger partial charge in [0, 0.05) is 5.39 Å². The van der Waals surface area contributed by atoms with E-state index in [9.17, 15) is 14.0 Å². The van der Waals surface area contributed by atoms with Crippen molar-refractivity contribution in [2.24, 2.45) is 5.92 Å². The summed E-state index contributed by atoms with van der Waals surface area (Å²) in [6.07, 6.45) is -0.986. The molecule has 7 heteroatoms. The Hall–Kier alpha value is -3.55. The average Bonchev–Trinajstić information content (AvgIpc) is 3.37. The van der Waals surface area contributed by atoms with Crippen molar-refractivity contribution in [2.75, 3.05) is 9.96 Å². The lowest BCUT2D eigenvalue weighted by Crippen LogP contribution is -2.37. The number of nitrogens with zero attached hydrogens (tertiary/aromatic N) is 2. The molecule has 2 heterocycles. The molecule has 3 atom stereocenters. The van der Waals surface area contributed by atoms with Crippen LogP contribution in [-0.2, 0) is 14.4 Å². The number of carbonyl (C=O) groups is 2. The Bertz CT molecular complexity index is 1440. The highest BCUT2D eigenvalue weighted by Crippen LogP contribution is 2.48. The van der Waals surface area contributed by atoms with Crippen LogP contribution in [0.15, 0.2) is 95.5 Å². The Balaban J connectivity index is 1.48. The molecule has 34 heavy (non-hydrogen) atoms. The van der Waals surface area contributed by atoms with Crippen LogP contribution in [0.1, 0.15) is 11.6 Å². The number of amides is 2. The van der Waals surface area contributed by atoms with Gasteiger partial charge in [-0.2, -0.15) is 0 Å². The number of hydroxylamine groups is 1. The van der Waals surface area contributed by atoms with Crippen molar-refractivity contribution < 1.29 is 18.8 Å². The van der Waals surface area contributed by atoms with E-state index in [-0.39, 0.29) is 10.4 Å². The van der Waals surface area contributed by atoms with Crippen LogP contribution in [0, 0.1) is 11.7 Å². The minimum Gasteiger partial charge on any atom is -0.273 e. The first-order chi connectivity index (χ1) is 16.5. The van der Waals surface area contributed by atoms with Crippen LogP contribution in [-0.4, -0.2) is 17.9 Å². The fourth-order valence-corrected chi connectivity index (χ4v) is 5.29. The van der Waals surface area contributed by atoms with Gasteiger partial charge in [-0.25, -0.2) is 14.4 Å². The molecule has 0 aliphatic carbocycles. The third-order valence-electron chi connectivity index (χ3n) is 6.42. The molecular formula is C27H18BrFN2O3. The number of benzene rings is 4. The normalized spacial score (nSPS) is 22.0. The van der Waals surface area contributed by atoms with Gasteiger partial charge < -0.3 is 0 Å². The first kappa shape index (κ1) is 21.0. The van der Waals surface area contributed by atoms with Gasteiger partial charge in [-0.1, -0.05) is 60.7 Å². The van der Waals surface area contributed by atoms with E-state index >= 15 is 0 Å². The third kappa shape index (κ3) is 3.15. The second kappa shape index (κ2) is 8.04. The summed E-state index contributed by atoms with van der Waals surface area (Å²) in [4.78, 5) is 34.9. The average molecular weight is 517 g/mol. The summed E-state index contributed by atoms with van der Waals surface area (Å²) in [6.45, 7) is 0. The van der Waals surface area contributed by atoms with Gasteiger partial charge >= 0.3 is 0 Å². The smallest absolute Gasteiger partial charge is 0.266 e. The van der Waals surface area contributed by atoms with Gasteiger partial charge in [0.1, 0.15) is 11.7 Å². The highest BCUT2D eigenvalue weighted by Gasteiger charge is 2.60. The molecule has 2 saturated heterocycles. The van der Waals surface area contributed by atoms with Gasteiger partial charge in [-0.05, 0) is 57.2 Å². The molecule has 5 nitrogen and oxygen atoms in total. The zero-order valence-electron chi connectivity index (χ0n) is 17.8. The van der Waals surface area contributed by atoms with Crippen molar-refractivity contribution in [3.05, 3.63) is 107 Å². The number of carbonyl (C=O) groups excluding carboxylic acids is 2. The van der Waals surface area contributed by atoms with Crippen molar-refractivity contribution in [3.8, 4) is 0 Å². The molecule has 0 N–H and O–H groups in total. The minimum atomic E-state index is -0.986. The second-order valence-corrected chi connectivity index (χ2v) is 9.20. The SMILES string of the molecule is O=C1[C@@H]2[C@H](ON(c3ccccc3)[C@@H]2c2ccc(F)c(Br)c2)C(=O)N1c1cccc2ccccc12. The van der Waals surface area contributed by atoms with E-state index in [1.54, 1.807) is 23.3 Å². The standard InChI is InChI=1S/C27H18BrFN2O3/c28-20-15-17(13-14-21(20)29)24-23-25(34-31(24)18-9-2-1-3-10-18)27(33)30(26(23)32)22-12-6-8-16-7-4-5-11-19(16)22/h1-15,23-25H/t23-,24+,25-/m0/s1. The Morgan fingerprint density at radius 3 is 2.35 bits per heavy atom. The lowest BCUT2D eigenvalue weighted by Gasteiger charge is -2.29. The van der Waals surface area contributed by atoms with Crippen LogP contribution in [0.25, 0.3) is 10.8 Å². The predicted molar refractivity (Wildman–Crippen MR) is 131 cm³/mol. The molecule has 0 radical (unpaired) electrons. The maximum atomic E-state index is 14.0. The second-order valence-electron chi connectivity index (χ2n) is 8.34. The summed E-state index contributed by atoms with van der Waals surface area (Å²) in [6, 6.07) is 26.5. The summed E-state index contributed by atoms with van der Waals surface area (Å²) in [5, 5.41) is 3.35. The van der Waals surface area contributed by atoms with Gasteiger partial charge in [0.15, 0.2) is 6.10 Å². The van der Waals surface area contributed by atoms with E-state index in [0.717, 1.165) is 10.8 Å². The van der Waals surface area contributed by atoms with E-state index in [1.165, 1.54) is 11.0 Å². The number of anilines is 2. The lowest BCUT2D eigenvalue weighted by atomic mass is 9.90. The van der Waals surface area contributed by atoms with Crippen molar-refractivity contribution >= 4 is 49.9 Å². The number of fused-ring (bicyclic) bond motifs is 2. The monoisotopic (exact) mass is 516 g/mol. The molecule has 4 aromatic carbocycles. The molecule has 2 aliphatic heterocycles. The first-order valence-corrected chi connectivity index (χ1v) is 11.7. The van der Waals surface area contributed by atoms with Gasteiger partial charge in [0.05, 0.1) is 21.9 Å². The van der Waals surface area contributed by atoms with E-state index in [1.807, 2.05) is 66.7 Å². The molecule has 2 fully saturated rings. The molecule has 0 unspecified atom stereocenters. The van der Waals surface area contributed by atoms with Crippen molar-refractivity contribution in [1.82, 2.24) is 0 Å². The molecule has 6 rings (SSSR count). The largest absolute Gasteiger partial charge is 0.273 e. The van der Waals surface area contributed by atoms with Gasteiger partial charge in [-0.3, -0.25) is 14.4 Å². The highest BCUT2D eigenvalue weighted by atomic mass is 79.9. The van der Waals surface area contributed by atoms with Crippen molar-refractivity contribution in [2.45, 2.75) is 12.1 Å². The number of rotatable bonds is 3. The fraction of sp³-hybridized carbons (Fsp3) is 0.111. The lowest BCUT2D eigenvalue weighted by molar-refractivity contribution is -0.126. The number of para-hydroxylation sites is 1. The molecule has 4 aromatic rings. The summed E-state index contributed by atoms with van der Waals surface area (Å²) >= 11 is 3.25. The van der Waals surface area contributed by atoms with Gasteiger partial charge in [0.2, 0.25) is 5.91 Å². The van der Waals surface area contributed by atoms with Crippen LogP contribution in [0.5, 0.6) is 0 Å². The third-order valence-corrected chi connectivity index (χ3v) is 7.03. The number of hydrogen-bond donors (Lipinski definition) is 0. The number of hydrogen-bond acceptors (Lipinski definition) is 4. The van der Waals surface area contributed by atoms with Crippen molar-refractivity contribution in [3.63, 3.8) is 0 Å². The maximum absolute atomic E-state index is 14.0. The molecule has 0 bridgehead atoms. The molecule has 2 aliphatic rings. The molecule has 0 saturated carbocycles. The zero-order valence-corrected chi connectivity index (χ0v) is 19.4. The fourth-order valence-electron chi connectivity index (χ4n) is 4.89. The maximum Gasteiger partial charge on any atom is 0.266 e. The summed E-state index contributed by atoms with van der Waals surface area (Å²) in [5.74, 6) is -1.94. The molecule has 168 valence electrons. The Morgan fingerprint density at radius 1 is 0.824 bits per heavy atom. The Kier molecular flexibility index (Phi) is 4.97. The van der Waals surface area contributed by atoms with E-state index in [4.69, 9.17) is 4.84 Å². The number of halogens is 2. The van der Waals surface area contributed by atoms with Crippen LogP contribution in [0.3, 0.4) is 0 Å². The highest BCUT2D eigenvalue weighted by molar-refractivity contribution is 9.10.